The molecule has 7 nitrogen and oxygen atoms in total. The number of aromatic nitrogens is 1. The van der Waals surface area contributed by atoms with Crippen molar-refractivity contribution >= 4 is 17.8 Å². The number of anilines is 1. The maximum atomic E-state index is 12.0. The molecule has 3 atom stereocenters. The highest BCUT2D eigenvalue weighted by atomic mass is 16.5. The lowest BCUT2D eigenvalue weighted by atomic mass is 9.94. The number of carboxylic acids is 1. The predicted molar refractivity (Wildman–Crippen MR) is 73.7 cm³/mol. The molecule has 1 aliphatic carbocycles. The second kappa shape index (κ2) is 5.48. The van der Waals surface area contributed by atoms with Crippen LogP contribution in [0.25, 0.3) is 0 Å². The molecule has 0 spiro atoms. The maximum Gasteiger partial charge on any atom is 0.321 e. The van der Waals surface area contributed by atoms with E-state index in [1.807, 2.05) is 0 Å². The average Bonchev–Trinajstić information content (AvgIpc) is 3.04. The Morgan fingerprint density at radius 1 is 1.52 bits per heavy atom. The van der Waals surface area contributed by atoms with Crippen molar-refractivity contribution in [2.24, 2.45) is 11.8 Å². The van der Waals surface area contributed by atoms with Gasteiger partial charge in [-0.05, 0) is 31.6 Å². The van der Waals surface area contributed by atoms with Gasteiger partial charge in [-0.2, -0.15) is 0 Å². The molecule has 3 unspecified atom stereocenters. The summed E-state index contributed by atoms with van der Waals surface area (Å²) in [6, 6.07) is 1.09. The zero-order chi connectivity index (χ0) is 15.0. The summed E-state index contributed by atoms with van der Waals surface area (Å²) in [4.78, 5) is 25.3. The molecule has 0 bridgehead atoms. The fourth-order valence-electron chi connectivity index (χ4n) is 3.68. The maximum absolute atomic E-state index is 12.0. The number of carboxylic acid groups (broad SMARTS) is 1. The van der Waals surface area contributed by atoms with Crippen molar-refractivity contribution in [2.45, 2.75) is 32.2 Å². The average molecular weight is 293 g/mol. The molecule has 1 saturated heterocycles. The first kappa shape index (κ1) is 14.1. The molecule has 0 aromatic carbocycles. The summed E-state index contributed by atoms with van der Waals surface area (Å²) >= 11 is 0. The summed E-state index contributed by atoms with van der Waals surface area (Å²) < 4.78 is 4.93. The minimum atomic E-state index is -0.826. The van der Waals surface area contributed by atoms with Crippen molar-refractivity contribution in [3.63, 3.8) is 0 Å². The molecular formula is C14H19N3O4. The predicted octanol–water partition coefficient (Wildman–Crippen LogP) is 1.11. The van der Waals surface area contributed by atoms with Gasteiger partial charge < -0.3 is 9.63 Å². The van der Waals surface area contributed by atoms with Gasteiger partial charge in [-0.15, -0.1) is 0 Å². The molecule has 21 heavy (non-hydrogen) atoms. The first-order valence-electron chi connectivity index (χ1n) is 7.24. The lowest BCUT2D eigenvalue weighted by molar-refractivity contribution is -0.143. The van der Waals surface area contributed by atoms with E-state index in [9.17, 15) is 14.7 Å². The van der Waals surface area contributed by atoms with Gasteiger partial charge in [0.1, 0.15) is 6.04 Å². The lowest BCUT2D eigenvalue weighted by Gasteiger charge is -2.23. The first-order valence-corrected chi connectivity index (χ1v) is 7.24. The second-order valence-electron chi connectivity index (χ2n) is 5.95. The van der Waals surface area contributed by atoms with Crippen LogP contribution >= 0.6 is 0 Å². The number of amides is 1. The van der Waals surface area contributed by atoms with Crippen LogP contribution in [-0.2, 0) is 9.59 Å². The number of hydrogen-bond acceptors (Lipinski definition) is 5. The summed E-state index contributed by atoms with van der Waals surface area (Å²) in [6.45, 7) is 2.52. The van der Waals surface area contributed by atoms with E-state index < -0.39 is 12.0 Å². The Kier molecular flexibility index (Phi) is 3.67. The monoisotopic (exact) mass is 293 g/mol. The van der Waals surface area contributed by atoms with Crippen molar-refractivity contribution in [3.8, 4) is 0 Å². The number of carbonyl (C=O) groups excluding carboxylic acids is 1. The third-order valence-corrected chi connectivity index (χ3v) is 4.48. The molecule has 114 valence electrons. The van der Waals surface area contributed by atoms with Crippen LogP contribution in [0, 0.1) is 18.8 Å². The number of hydrogen-bond donors (Lipinski definition) is 2. The van der Waals surface area contributed by atoms with E-state index in [-0.39, 0.29) is 18.4 Å². The van der Waals surface area contributed by atoms with Gasteiger partial charge in [-0.3, -0.25) is 19.8 Å². The van der Waals surface area contributed by atoms with Crippen LogP contribution in [0.3, 0.4) is 0 Å². The SMILES string of the molecule is Cc1cc(NC(=O)CN2CC3CCCC3C2C(=O)O)on1. The van der Waals surface area contributed by atoms with Crippen LogP contribution in [-0.4, -0.2) is 46.2 Å². The highest BCUT2D eigenvalue weighted by Gasteiger charge is 2.48. The first-order chi connectivity index (χ1) is 10.0. The van der Waals surface area contributed by atoms with Crippen LogP contribution in [0.15, 0.2) is 10.6 Å². The number of likely N-dealkylation sites (tertiary alicyclic amines) is 1. The van der Waals surface area contributed by atoms with E-state index >= 15 is 0 Å². The highest BCUT2D eigenvalue weighted by molar-refractivity contribution is 5.91. The Morgan fingerprint density at radius 2 is 2.33 bits per heavy atom. The van der Waals surface area contributed by atoms with Crippen LogP contribution in [0.4, 0.5) is 5.88 Å². The molecule has 2 fully saturated rings. The number of nitrogens with one attached hydrogen (secondary N) is 1. The van der Waals surface area contributed by atoms with E-state index in [0.717, 1.165) is 19.3 Å². The molecular weight excluding hydrogens is 274 g/mol. The van der Waals surface area contributed by atoms with Gasteiger partial charge in [0.05, 0.1) is 12.2 Å². The summed E-state index contributed by atoms with van der Waals surface area (Å²) in [7, 11) is 0. The smallest absolute Gasteiger partial charge is 0.321 e. The summed E-state index contributed by atoms with van der Waals surface area (Å²) in [6.07, 6.45) is 3.10. The number of aryl methyl sites for hydroxylation is 1. The molecule has 0 radical (unpaired) electrons. The number of fused-ring (bicyclic) bond motifs is 1. The summed E-state index contributed by atoms with van der Waals surface area (Å²) in [5, 5.41) is 15.7. The number of nitrogens with zero attached hydrogens (tertiary/aromatic N) is 2. The molecule has 1 amide bonds. The molecule has 2 aliphatic rings. The Hall–Kier alpha value is -1.89. The van der Waals surface area contributed by atoms with Gasteiger partial charge in [0.2, 0.25) is 11.8 Å². The molecule has 2 heterocycles. The molecule has 1 aromatic heterocycles. The van der Waals surface area contributed by atoms with E-state index in [1.165, 1.54) is 0 Å². The molecule has 1 aliphatic heterocycles. The summed E-state index contributed by atoms with van der Waals surface area (Å²) in [5.41, 5.74) is 0.685. The van der Waals surface area contributed by atoms with Gasteiger partial charge >= 0.3 is 5.97 Å². The molecule has 7 heteroatoms. The number of aliphatic carboxylic acids is 1. The zero-order valence-electron chi connectivity index (χ0n) is 11.9. The Morgan fingerprint density at radius 3 is 3.00 bits per heavy atom. The number of rotatable bonds is 4. The second-order valence-corrected chi connectivity index (χ2v) is 5.95. The van der Waals surface area contributed by atoms with E-state index in [0.29, 0.717) is 24.0 Å². The zero-order valence-corrected chi connectivity index (χ0v) is 11.9. The van der Waals surface area contributed by atoms with Crippen molar-refractivity contribution < 1.29 is 19.2 Å². The van der Waals surface area contributed by atoms with Crippen LogP contribution in [0.2, 0.25) is 0 Å². The summed E-state index contributed by atoms with van der Waals surface area (Å²) in [5.74, 6) is -0.205. The fraction of sp³-hybridized carbons (Fsp3) is 0.643. The fourth-order valence-corrected chi connectivity index (χ4v) is 3.68. The normalized spacial score (nSPS) is 28.5. The molecule has 1 saturated carbocycles. The van der Waals surface area contributed by atoms with Crippen LogP contribution in [0.1, 0.15) is 25.0 Å². The van der Waals surface area contributed by atoms with Gasteiger partial charge in [0.25, 0.3) is 0 Å². The van der Waals surface area contributed by atoms with Crippen molar-refractivity contribution in [1.82, 2.24) is 10.1 Å². The third kappa shape index (κ3) is 2.78. The van der Waals surface area contributed by atoms with Crippen molar-refractivity contribution in [2.75, 3.05) is 18.4 Å². The third-order valence-electron chi connectivity index (χ3n) is 4.48. The van der Waals surface area contributed by atoms with Gasteiger partial charge in [-0.1, -0.05) is 11.6 Å². The lowest BCUT2D eigenvalue weighted by Crippen LogP contribution is -2.43. The standard InChI is InChI=1S/C14H19N3O4/c1-8-5-12(21-16-8)15-11(18)7-17-6-9-3-2-4-10(9)13(17)14(19)20/h5,9-10,13H,2-4,6-7H2,1H3,(H,15,18)(H,19,20). The Balaban J connectivity index is 1.63. The van der Waals surface area contributed by atoms with Gasteiger partial charge in [0, 0.05) is 12.6 Å². The van der Waals surface area contributed by atoms with Crippen molar-refractivity contribution in [3.05, 3.63) is 11.8 Å². The Bertz CT molecular complexity index is 556. The van der Waals surface area contributed by atoms with Gasteiger partial charge in [0.15, 0.2) is 0 Å². The topological polar surface area (TPSA) is 95.7 Å². The van der Waals surface area contributed by atoms with Crippen molar-refractivity contribution in [1.29, 1.82) is 0 Å². The molecule has 1 aromatic rings. The van der Waals surface area contributed by atoms with Crippen LogP contribution < -0.4 is 5.32 Å². The Labute approximate surface area is 122 Å². The van der Waals surface area contributed by atoms with E-state index in [2.05, 4.69) is 10.5 Å². The van der Waals surface area contributed by atoms with E-state index in [4.69, 9.17) is 4.52 Å². The molecule has 2 N–H and O–H groups in total. The highest BCUT2D eigenvalue weighted by Crippen LogP contribution is 2.42. The van der Waals surface area contributed by atoms with Crippen LogP contribution in [0.5, 0.6) is 0 Å². The number of carbonyl (C=O) groups is 2. The van der Waals surface area contributed by atoms with E-state index in [1.54, 1.807) is 17.9 Å². The van der Waals surface area contributed by atoms with Gasteiger partial charge in [-0.25, -0.2) is 0 Å². The minimum absolute atomic E-state index is 0.0731. The largest absolute Gasteiger partial charge is 0.480 e. The minimum Gasteiger partial charge on any atom is -0.480 e. The molecule has 3 rings (SSSR count). The quantitative estimate of drug-likeness (QED) is 0.863.